The summed E-state index contributed by atoms with van der Waals surface area (Å²) < 4.78 is 5.77. The molecule has 0 amide bonds. The topological polar surface area (TPSA) is 29.5 Å². The lowest BCUT2D eigenvalue weighted by Crippen LogP contribution is -2.35. The van der Waals surface area contributed by atoms with Crippen LogP contribution in [0.15, 0.2) is 0 Å². The third kappa shape index (κ3) is 7.17. The van der Waals surface area contributed by atoms with Gasteiger partial charge >= 0.3 is 0 Å². The van der Waals surface area contributed by atoms with Gasteiger partial charge in [0.1, 0.15) is 7.85 Å². The van der Waals surface area contributed by atoms with Crippen LogP contribution in [0.25, 0.3) is 0 Å². The van der Waals surface area contributed by atoms with Gasteiger partial charge in [-0.15, -0.1) is 0 Å². The van der Waals surface area contributed by atoms with E-state index in [4.69, 9.17) is 12.6 Å². The highest BCUT2D eigenvalue weighted by Gasteiger charge is 2.43. The Morgan fingerprint density at radius 3 is 2.00 bits per heavy atom. The number of aliphatic hydroxyl groups is 1. The summed E-state index contributed by atoms with van der Waals surface area (Å²) in [5.41, 5.74) is 0.265. The van der Waals surface area contributed by atoms with Crippen LogP contribution in [0.4, 0.5) is 0 Å². The standard InChI is InChI=1S/C20H39BO2/c1-4-6-8-10-12-14-20(3,13-11-9-7-5-2)17-15-19(21)23-18(17)16-22/h17-19,22H,4-16H2,1-3H3/t17-,18?,19-,20?/m1/s1. The number of rotatable bonds is 13. The summed E-state index contributed by atoms with van der Waals surface area (Å²) in [5, 5.41) is 9.69. The van der Waals surface area contributed by atoms with Crippen LogP contribution in [0.2, 0.25) is 0 Å². The van der Waals surface area contributed by atoms with Crippen LogP contribution in [0.1, 0.15) is 97.8 Å². The summed E-state index contributed by atoms with van der Waals surface area (Å²) in [7, 11) is 6.03. The minimum Gasteiger partial charge on any atom is -0.394 e. The first-order chi connectivity index (χ1) is 11.1. The number of ether oxygens (including phenoxy) is 1. The second-order valence-electron chi connectivity index (χ2n) is 7.87. The molecule has 0 aliphatic carbocycles. The Bertz CT molecular complexity index is 297. The third-order valence-corrected chi connectivity index (χ3v) is 5.81. The largest absolute Gasteiger partial charge is 0.394 e. The van der Waals surface area contributed by atoms with Gasteiger partial charge in [-0.25, -0.2) is 0 Å². The lowest BCUT2D eigenvalue weighted by Gasteiger charge is -2.38. The summed E-state index contributed by atoms with van der Waals surface area (Å²) >= 11 is 0. The first-order valence-corrected chi connectivity index (χ1v) is 10.1. The molecule has 1 aliphatic rings. The van der Waals surface area contributed by atoms with E-state index in [0.29, 0.717) is 5.92 Å². The van der Waals surface area contributed by atoms with Crippen molar-refractivity contribution < 1.29 is 9.84 Å². The van der Waals surface area contributed by atoms with Crippen LogP contribution in [0, 0.1) is 11.3 Å². The molecular formula is C20H39BO2. The molecule has 2 radical (unpaired) electrons. The molecule has 1 rings (SSSR count). The Morgan fingerprint density at radius 1 is 0.957 bits per heavy atom. The fourth-order valence-electron chi connectivity index (χ4n) is 4.26. The minimum absolute atomic E-state index is 0.0585. The Hall–Kier alpha value is -0.0151. The quantitative estimate of drug-likeness (QED) is 0.372. The second-order valence-corrected chi connectivity index (χ2v) is 7.87. The van der Waals surface area contributed by atoms with Crippen LogP contribution < -0.4 is 0 Å². The Morgan fingerprint density at radius 2 is 1.48 bits per heavy atom. The maximum Gasteiger partial charge on any atom is 0.109 e. The molecule has 0 saturated carbocycles. The van der Waals surface area contributed by atoms with E-state index < -0.39 is 0 Å². The van der Waals surface area contributed by atoms with Crippen molar-refractivity contribution in [3.8, 4) is 0 Å². The molecule has 0 bridgehead atoms. The van der Waals surface area contributed by atoms with E-state index >= 15 is 0 Å². The molecule has 1 N–H and O–H groups in total. The number of unbranched alkanes of at least 4 members (excludes halogenated alkanes) is 7. The first kappa shape index (κ1) is 21.0. The van der Waals surface area contributed by atoms with Crippen molar-refractivity contribution in [2.45, 2.75) is 110 Å². The molecule has 1 heterocycles. The number of aliphatic hydroxyl groups excluding tert-OH is 1. The van der Waals surface area contributed by atoms with E-state index in [1.54, 1.807) is 0 Å². The summed E-state index contributed by atoms with van der Waals surface area (Å²) in [6, 6.07) is -0.188. The highest BCUT2D eigenvalue weighted by Crippen LogP contribution is 2.46. The predicted octanol–water partition coefficient (Wildman–Crippen LogP) is 5.22. The fourth-order valence-corrected chi connectivity index (χ4v) is 4.26. The number of hydrogen-bond donors (Lipinski definition) is 1. The van der Waals surface area contributed by atoms with Gasteiger partial charge in [0.05, 0.1) is 12.7 Å². The van der Waals surface area contributed by atoms with E-state index in [9.17, 15) is 5.11 Å². The molecule has 0 aromatic heterocycles. The highest BCUT2D eigenvalue weighted by atomic mass is 16.5. The molecule has 1 aliphatic heterocycles. The molecule has 0 spiro atoms. The Balaban J connectivity index is 2.58. The molecule has 0 aromatic rings. The molecule has 0 aromatic carbocycles. The molecular weight excluding hydrogens is 283 g/mol. The molecule has 2 unspecified atom stereocenters. The molecule has 2 nitrogen and oxygen atoms in total. The average molecular weight is 322 g/mol. The zero-order chi connectivity index (χ0) is 17.1. The Kier molecular flexibility index (Phi) is 10.5. The van der Waals surface area contributed by atoms with Crippen LogP contribution in [-0.4, -0.2) is 31.7 Å². The molecule has 134 valence electrons. The number of hydrogen-bond acceptors (Lipinski definition) is 2. The van der Waals surface area contributed by atoms with Crippen molar-refractivity contribution in [2.24, 2.45) is 11.3 Å². The normalized spacial score (nSPS) is 27.2. The zero-order valence-corrected chi connectivity index (χ0v) is 15.9. The van der Waals surface area contributed by atoms with Gasteiger partial charge in [-0.1, -0.05) is 78.6 Å². The third-order valence-electron chi connectivity index (χ3n) is 5.81. The zero-order valence-electron chi connectivity index (χ0n) is 15.9. The van der Waals surface area contributed by atoms with Crippen LogP contribution in [0.5, 0.6) is 0 Å². The lowest BCUT2D eigenvalue weighted by atomic mass is 9.66. The van der Waals surface area contributed by atoms with E-state index in [1.165, 1.54) is 70.6 Å². The molecule has 23 heavy (non-hydrogen) atoms. The second kappa shape index (κ2) is 11.5. The first-order valence-electron chi connectivity index (χ1n) is 10.1. The van der Waals surface area contributed by atoms with Crippen LogP contribution >= 0.6 is 0 Å². The summed E-state index contributed by atoms with van der Waals surface area (Å²) in [6.45, 7) is 7.06. The minimum atomic E-state index is -0.188. The van der Waals surface area contributed by atoms with E-state index in [-0.39, 0.29) is 24.1 Å². The van der Waals surface area contributed by atoms with Gasteiger partial charge < -0.3 is 9.84 Å². The van der Waals surface area contributed by atoms with Crippen molar-refractivity contribution in [3.05, 3.63) is 0 Å². The predicted molar refractivity (Wildman–Crippen MR) is 99.8 cm³/mol. The maximum absolute atomic E-state index is 9.69. The van der Waals surface area contributed by atoms with Gasteiger partial charge in [0.25, 0.3) is 0 Å². The van der Waals surface area contributed by atoms with Gasteiger partial charge in [-0.2, -0.15) is 0 Å². The van der Waals surface area contributed by atoms with E-state index in [1.807, 2.05) is 0 Å². The average Bonchev–Trinajstić information content (AvgIpc) is 2.93. The van der Waals surface area contributed by atoms with Gasteiger partial charge in [0, 0.05) is 6.00 Å². The van der Waals surface area contributed by atoms with Crippen molar-refractivity contribution in [2.75, 3.05) is 6.61 Å². The van der Waals surface area contributed by atoms with Gasteiger partial charge in [0.2, 0.25) is 0 Å². The van der Waals surface area contributed by atoms with E-state index in [2.05, 4.69) is 20.8 Å². The van der Waals surface area contributed by atoms with Crippen molar-refractivity contribution >= 4 is 7.85 Å². The van der Waals surface area contributed by atoms with Gasteiger partial charge in [-0.05, 0) is 30.6 Å². The van der Waals surface area contributed by atoms with Crippen molar-refractivity contribution in [3.63, 3.8) is 0 Å². The monoisotopic (exact) mass is 322 g/mol. The lowest BCUT2D eigenvalue weighted by molar-refractivity contribution is -0.00838. The molecule has 4 atom stereocenters. The fraction of sp³-hybridized carbons (Fsp3) is 1.00. The van der Waals surface area contributed by atoms with Gasteiger partial charge in [-0.3, -0.25) is 0 Å². The Labute approximate surface area is 146 Å². The summed E-state index contributed by atoms with van der Waals surface area (Å²) in [5.74, 6) is 0.412. The van der Waals surface area contributed by atoms with Crippen LogP contribution in [-0.2, 0) is 4.74 Å². The molecule has 1 saturated heterocycles. The SMILES string of the molecule is [B][C@H]1C[C@@H](C(C)(CCCCCC)CCCCCCC)C(CO)O1. The smallest absolute Gasteiger partial charge is 0.109 e. The summed E-state index contributed by atoms with van der Waals surface area (Å²) in [4.78, 5) is 0. The van der Waals surface area contributed by atoms with Crippen molar-refractivity contribution in [1.29, 1.82) is 0 Å². The van der Waals surface area contributed by atoms with E-state index in [0.717, 1.165) is 6.42 Å². The molecule has 1 fully saturated rings. The van der Waals surface area contributed by atoms with Gasteiger partial charge in [0.15, 0.2) is 0 Å². The maximum atomic E-state index is 9.69. The highest BCUT2D eigenvalue weighted by molar-refractivity contribution is 6.11. The van der Waals surface area contributed by atoms with Crippen LogP contribution in [0.3, 0.4) is 0 Å². The molecule has 3 heteroatoms. The summed E-state index contributed by atoms with van der Waals surface area (Å²) in [6.07, 6.45) is 15.2. The van der Waals surface area contributed by atoms with Crippen molar-refractivity contribution in [1.82, 2.24) is 0 Å².